The minimum absolute atomic E-state index is 0.0302. The Morgan fingerprint density at radius 2 is 1.84 bits per heavy atom. The zero-order chi connectivity index (χ0) is 14.8. The molecule has 0 bridgehead atoms. The van der Waals surface area contributed by atoms with Gasteiger partial charge in [-0.1, -0.05) is 0 Å². The van der Waals surface area contributed by atoms with Gasteiger partial charge in [0.15, 0.2) is 0 Å². The third-order valence-electron chi connectivity index (χ3n) is 3.54. The summed E-state index contributed by atoms with van der Waals surface area (Å²) in [5.74, 6) is 0.873. The van der Waals surface area contributed by atoms with Crippen LogP contribution in [0.25, 0.3) is 0 Å². The SMILES string of the molecule is CNC(C)(C)C(=O)N(C)c1cc(C)c(OC)cc1C. The Morgan fingerprint density at radius 1 is 1.26 bits per heavy atom. The van der Waals surface area contributed by atoms with Gasteiger partial charge < -0.3 is 15.0 Å². The maximum Gasteiger partial charge on any atom is 0.246 e. The third-order valence-corrected chi connectivity index (χ3v) is 3.54. The molecular weight excluding hydrogens is 240 g/mol. The maximum atomic E-state index is 12.4. The van der Waals surface area contributed by atoms with Crippen molar-refractivity contribution in [3.63, 3.8) is 0 Å². The number of methoxy groups -OCH3 is 1. The van der Waals surface area contributed by atoms with E-state index in [1.165, 1.54) is 0 Å². The van der Waals surface area contributed by atoms with Gasteiger partial charge in [-0.2, -0.15) is 0 Å². The first-order valence-corrected chi connectivity index (χ1v) is 6.37. The quantitative estimate of drug-likeness (QED) is 0.907. The number of amides is 1. The van der Waals surface area contributed by atoms with Gasteiger partial charge in [-0.25, -0.2) is 0 Å². The van der Waals surface area contributed by atoms with E-state index < -0.39 is 5.54 Å². The number of carbonyl (C=O) groups is 1. The first-order chi connectivity index (χ1) is 8.74. The van der Waals surface area contributed by atoms with E-state index in [0.717, 1.165) is 22.6 Å². The van der Waals surface area contributed by atoms with Crippen molar-refractivity contribution in [2.75, 3.05) is 26.1 Å². The predicted molar refractivity (Wildman–Crippen MR) is 79.0 cm³/mol. The zero-order valence-electron chi connectivity index (χ0n) is 12.9. The number of aryl methyl sites for hydroxylation is 2. The van der Waals surface area contributed by atoms with Crippen LogP contribution in [0.1, 0.15) is 25.0 Å². The van der Waals surface area contributed by atoms with Crippen LogP contribution in [-0.2, 0) is 4.79 Å². The summed E-state index contributed by atoms with van der Waals surface area (Å²) >= 11 is 0. The topological polar surface area (TPSA) is 41.6 Å². The molecule has 0 unspecified atom stereocenters. The van der Waals surface area contributed by atoms with Crippen molar-refractivity contribution in [2.45, 2.75) is 33.2 Å². The van der Waals surface area contributed by atoms with Gasteiger partial charge in [-0.3, -0.25) is 4.79 Å². The molecule has 0 aliphatic heterocycles. The number of nitrogens with zero attached hydrogens (tertiary/aromatic N) is 1. The second-order valence-electron chi connectivity index (χ2n) is 5.35. The fourth-order valence-corrected chi connectivity index (χ4v) is 1.99. The molecule has 0 saturated heterocycles. The molecule has 1 rings (SSSR count). The molecule has 0 saturated carbocycles. The molecule has 0 radical (unpaired) electrons. The first kappa shape index (κ1) is 15.5. The number of nitrogens with one attached hydrogen (secondary N) is 1. The highest BCUT2D eigenvalue weighted by atomic mass is 16.5. The minimum Gasteiger partial charge on any atom is -0.496 e. The van der Waals surface area contributed by atoms with Crippen molar-refractivity contribution in [1.82, 2.24) is 5.32 Å². The summed E-state index contributed by atoms with van der Waals surface area (Å²) in [6.07, 6.45) is 0. The molecule has 0 aliphatic carbocycles. The van der Waals surface area contributed by atoms with Gasteiger partial charge in [0.25, 0.3) is 0 Å². The van der Waals surface area contributed by atoms with Crippen molar-refractivity contribution < 1.29 is 9.53 Å². The average Bonchev–Trinajstić information content (AvgIpc) is 2.39. The normalized spacial score (nSPS) is 11.3. The van der Waals surface area contributed by atoms with E-state index >= 15 is 0 Å². The second-order valence-corrected chi connectivity index (χ2v) is 5.35. The number of benzene rings is 1. The molecule has 1 amide bonds. The number of carbonyl (C=O) groups excluding carboxylic acids is 1. The molecule has 19 heavy (non-hydrogen) atoms. The summed E-state index contributed by atoms with van der Waals surface area (Å²) in [4.78, 5) is 14.1. The Hall–Kier alpha value is -1.55. The van der Waals surface area contributed by atoms with Gasteiger partial charge in [0.05, 0.1) is 12.6 Å². The van der Waals surface area contributed by atoms with Crippen molar-refractivity contribution in [3.8, 4) is 5.75 Å². The lowest BCUT2D eigenvalue weighted by Gasteiger charge is -2.30. The number of hydrogen-bond donors (Lipinski definition) is 1. The standard InChI is InChI=1S/C15H24N2O2/c1-10-9-13(19-7)11(2)8-12(10)17(6)14(18)15(3,4)16-5/h8-9,16H,1-7H3. The number of anilines is 1. The molecular formula is C15H24N2O2. The van der Waals surface area contributed by atoms with Crippen LogP contribution in [0.5, 0.6) is 5.75 Å². The lowest BCUT2D eigenvalue weighted by Crippen LogP contribution is -2.52. The Balaban J connectivity index is 3.17. The van der Waals surface area contributed by atoms with Crippen molar-refractivity contribution in [3.05, 3.63) is 23.3 Å². The number of rotatable bonds is 4. The van der Waals surface area contributed by atoms with Crippen LogP contribution in [0.4, 0.5) is 5.69 Å². The molecule has 106 valence electrons. The third kappa shape index (κ3) is 3.07. The maximum absolute atomic E-state index is 12.4. The Labute approximate surface area is 115 Å². The van der Waals surface area contributed by atoms with Crippen LogP contribution in [0, 0.1) is 13.8 Å². The van der Waals surface area contributed by atoms with Gasteiger partial charge in [-0.05, 0) is 58.0 Å². The number of ether oxygens (including phenoxy) is 1. The summed E-state index contributed by atoms with van der Waals surface area (Å²) in [5, 5.41) is 3.03. The van der Waals surface area contributed by atoms with Crippen molar-refractivity contribution in [2.24, 2.45) is 0 Å². The Bertz CT molecular complexity index is 481. The van der Waals surface area contributed by atoms with Crippen LogP contribution in [-0.4, -0.2) is 32.7 Å². The van der Waals surface area contributed by atoms with E-state index in [1.54, 1.807) is 26.1 Å². The van der Waals surface area contributed by atoms with E-state index in [9.17, 15) is 4.79 Å². The molecule has 0 atom stereocenters. The minimum atomic E-state index is -0.588. The molecule has 0 aromatic heterocycles. The Kier molecular flexibility index (Phi) is 4.58. The molecule has 0 fully saturated rings. The number of hydrogen-bond acceptors (Lipinski definition) is 3. The first-order valence-electron chi connectivity index (χ1n) is 6.37. The van der Waals surface area contributed by atoms with Crippen LogP contribution in [0.2, 0.25) is 0 Å². The van der Waals surface area contributed by atoms with Crippen LogP contribution in [0.3, 0.4) is 0 Å². The van der Waals surface area contributed by atoms with E-state index in [1.807, 2.05) is 39.8 Å². The summed E-state index contributed by atoms with van der Waals surface area (Å²) < 4.78 is 5.29. The summed E-state index contributed by atoms with van der Waals surface area (Å²) in [6, 6.07) is 3.94. The highest BCUT2D eigenvalue weighted by molar-refractivity contribution is 5.99. The summed E-state index contributed by atoms with van der Waals surface area (Å²) in [6.45, 7) is 7.70. The fourth-order valence-electron chi connectivity index (χ4n) is 1.99. The highest BCUT2D eigenvalue weighted by Crippen LogP contribution is 2.29. The fraction of sp³-hybridized carbons (Fsp3) is 0.533. The van der Waals surface area contributed by atoms with Gasteiger partial charge in [-0.15, -0.1) is 0 Å². The molecule has 1 aromatic rings. The molecule has 0 aliphatic rings. The molecule has 4 nitrogen and oxygen atoms in total. The summed E-state index contributed by atoms with van der Waals surface area (Å²) in [5.41, 5.74) is 2.36. The largest absolute Gasteiger partial charge is 0.496 e. The van der Waals surface area contributed by atoms with Crippen LogP contribution >= 0.6 is 0 Å². The molecule has 0 heterocycles. The predicted octanol–water partition coefficient (Wildman–Crippen LogP) is 2.27. The number of likely N-dealkylation sites (N-methyl/N-ethyl adjacent to an activating group) is 2. The van der Waals surface area contributed by atoms with Crippen LogP contribution in [0.15, 0.2) is 12.1 Å². The van der Waals surface area contributed by atoms with E-state index in [-0.39, 0.29) is 5.91 Å². The monoisotopic (exact) mass is 264 g/mol. The molecule has 1 aromatic carbocycles. The lowest BCUT2D eigenvalue weighted by molar-refractivity contribution is -0.123. The molecule has 0 spiro atoms. The van der Waals surface area contributed by atoms with Crippen LogP contribution < -0.4 is 15.0 Å². The van der Waals surface area contributed by atoms with Gasteiger partial charge in [0.1, 0.15) is 5.75 Å². The zero-order valence-corrected chi connectivity index (χ0v) is 12.9. The van der Waals surface area contributed by atoms with E-state index in [4.69, 9.17) is 4.74 Å². The second kappa shape index (κ2) is 5.61. The van der Waals surface area contributed by atoms with Gasteiger partial charge >= 0.3 is 0 Å². The molecule has 4 heteroatoms. The average molecular weight is 264 g/mol. The van der Waals surface area contributed by atoms with Crippen molar-refractivity contribution >= 4 is 11.6 Å². The van der Waals surface area contributed by atoms with Gasteiger partial charge in [0, 0.05) is 12.7 Å². The van der Waals surface area contributed by atoms with Crippen molar-refractivity contribution in [1.29, 1.82) is 0 Å². The summed E-state index contributed by atoms with van der Waals surface area (Å²) in [7, 11) is 5.24. The van der Waals surface area contributed by atoms with E-state index in [2.05, 4.69) is 5.32 Å². The molecule has 1 N–H and O–H groups in total. The smallest absolute Gasteiger partial charge is 0.246 e. The lowest BCUT2D eigenvalue weighted by atomic mass is 10.0. The highest BCUT2D eigenvalue weighted by Gasteiger charge is 2.29. The van der Waals surface area contributed by atoms with Gasteiger partial charge in [0.2, 0.25) is 5.91 Å². The Morgan fingerprint density at radius 3 is 2.32 bits per heavy atom. The van der Waals surface area contributed by atoms with E-state index in [0.29, 0.717) is 0 Å².